The number of fused-ring (bicyclic) bond motifs is 1. The lowest BCUT2D eigenvalue weighted by Crippen LogP contribution is -2.11. The molecule has 0 amide bonds. The zero-order valence-corrected chi connectivity index (χ0v) is 12.8. The molecule has 1 aromatic carbocycles. The van der Waals surface area contributed by atoms with E-state index in [2.05, 4.69) is 31.0 Å². The third-order valence-corrected chi connectivity index (χ3v) is 3.42. The van der Waals surface area contributed by atoms with Crippen molar-refractivity contribution in [3.8, 4) is 11.6 Å². The molecule has 0 spiro atoms. The predicted molar refractivity (Wildman–Crippen MR) is 75.0 cm³/mol. The molecule has 0 fully saturated rings. The third kappa shape index (κ3) is 2.86. The first-order valence-electron chi connectivity index (χ1n) is 5.75. The first-order chi connectivity index (χ1) is 10.3. The summed E-state index contributed by atoms with van der Waals surface area (Å²) in [5, 5.41) is 4.02. The van der Waals surface area contributed by atoms with Gasteiger partial charge in [0, 0.05) is 10.5 Å². The fourth-order valence-electron chi connectivity index (χ4n) is 1.67. The van der Waals surface area contributed by atoms with Gasteiger partial charge in [0.2, 0.25) is 5.88 Å². The average molecular weight is 394 g/mol. The van der Waals surface area contributed by atoms with Crippen molar-refractivity contribution in [1.82, 2.24) is 19.6 Å². The second-order valence-electron chi connectivity index (χ2n) is 4.13. The van der Waals surface area contributed by atoms with Gasteiger partial charge < -0.3 is 4.74 Å². The molecular weight excluding hydrogens is 389 g/mol. The molecule has 0 aliphatic heterocycles. The van der Waals surface area contributed by atoms with Gasteiger partial charge in [0.15, 0.2) is 5.69 Å². The van der Waals surface area contributed by atoms with Crippen molar-refractivity contribution in [2.24, 2.45) is 0 Å². The third-order valence-electron chi connectivity index (χ3n) is 2.62. The number of rotatable bonds is 2. The number of halogens is 5. The van der Waals surface area contributed by atoms with Crippen LogP contribution in [0, 0.1) is 0 Å². The van der Waals surface area contributed by atoms with Crippen LogP contribution in [0.5, 0.6) is 11.6 Å². The van der Waals surface area contributed by atoms with E-state index in [0.29, 0.717) is 4.47 Å². The molecule has 2 aromatic heterocycles. The fraction of sp³-hybridized carbons (Fsp3) is 0.0833. The Bertz CT molecular complexity index is 852. The van der Waals surface area contributed by atoms with Crippen molar-refractivity contribution in [1.29, 1.82) is 0 Å². The van der Waals surface area contributed by atoms with Gasteiger partial charge in [0.25, 0.3) is 5.78 Å². The summed E-state index contributed by atoms with van der Waals surface area (Å²) in [4.78, 5) is 7.04. The molecule has 0 N–H and O–H groups in total. The van der Waals surface area contributed by atoms with Crippen LogP contribution in [-0.2, 0) is 6.18 Å². The van der Waals surface area contributed by atoms with Crippen LogP contribution in [-0.4, -0.2) is 19.6 Å². The van der Waals surface area contributed by atoms with Crippen LogP contribution >= 0.6 is 27.5 Å². The first-order valence-corrected chi connectivity index (χ1v) is 6.92. The number of ether oxygens (including phenoxy) is 1. The van der Waals surface area contributed by atoms with Gasteiger partial charge in [-0.3, -0.25) is 0 Å². The Hall–Kier alpha value is -1.87. The maximum atomic E-state index is 12.9. The van der Waals surface area contributed by atoms with E-state index in [0.717, 1.165) is 16.9 Å². The van der Waals surface area contributed by atoms with Crippen LogP contribution in [0.25, 0.3) is 5.78 Å². The number of hydrogen-bond donors (Lipinski definition) is 0. The Balaban J connectivity index is 2.13. The van der Waals surface area contributed by atoms with E-state index in [4.69, 9.17) is 16.3 Å². The Kier molecular flexibility index (Phi) is 3.69. The van der Waals surface area contributed by atoms with Crippen molar-refractivity contribution >= 4 is 33.3 Å². The van der Waals surface area contributed by atoms with E-state index in [1.54, 1.807) is 12.1 Å². The Morgan fingerprint density at radius 1 is 1.23 bits per heavy atom. The monoisotopic (exact) mass is 392 g/mol. The maximum absolute atomic E-state index is 12.9. The summed E-state index contributed by atoms with van der Waals surface area (Å²) in [7, 11) is 0. The van der Waals surface area contributed by atoms with Crippen LogP contribution in [0.4, 0.5) is 13.2 Å². The molecule has 3 aromatic rings. The molecule has 0 radical (unpaired) electrons. The number of nitrogens with zero attached hydrogens (tertiary/aromatic N) is 4. The minimum atomic E-state index is -4.63. The summed E-state index contributed by atoms with van der Waals surface area (Å²) < 4.78 is 45.8. The zero-order valence-electron chi connectivity index (χ0n) is 10.5. The highest BCUT2D eigenvalue weighted by atomic mass is 79.9. The lowest BCUT2D eigenvalue weighted by molar-refractivity contribution is -0.141. The van der Waals surface area contributed by atoms with Crippen molar-refractivity contribution < 1.29 is 17.9 Å². The summed E-state index contributed by atoms with van der Waals surface area (Å²) in [5.41, 5.74) is -1.13. The van der Waals surface area contributed by atoms with Gasteiger partial charge in [-0.05, 0) is 18.2 Å². The van der Waals surface area contributed by atoms with Crippen molar-refractivity contribution in [3.63, 3.8) is 0 Å². The molecule has 10 heteroatoms. The second-order valence-corrected chi connectivity index (χ2v) is 5.45. The van der Waals surface area contributed by atoms with Crippen molar-refractivity contribution in [2.45, 2.75) is 6.18 Å². The van der Waals surface area contributed by atoms with E-state index in [-0.39, 0.29) is 22.4 Å². The van der Waals surface area contributed by atoms with E-state index in [9.17, 15) is 13.2 Å². The first kappa shape index (κ1) is 15.0. The summed E-state index contributed by atoms with van der Waals surface area (Å²) in [5.74, 6) is -0.252. The zero-order chi connectivity index (χ0) is 15.9. The van der Waals surface area contributed by atoms with E-state index < -0.39 is 11.9 Å². The minimum absolute atomic E-state index is 0.173. The molecular formula is C12H5BrClF3N4O. The highest BCUT2D eigenvalue weighted by molar-refractivity contribution is 9.10. The number of benzene rings is 1. The van der Waals surface area contributed by atoms with Gasteiger partial charge in [-0.15, -0.1) is 0 Å². The molecule has 0 bridgehead atoms. The van der Waals surface area contributed by atoms with E-state index in [1.165, 1.54) is 6.07 Å². The van der Waals surface area contributed by atoms with Gasteiger partial charge in [0.05, 0.1) is 5.02 Å². The molecule has 5 nitrogen and oxygen atoms in total. The Morgan fingerprint density at radius 2 is 2.00 bits per heavy atom. The molecule has 0 unspecified atom stereocenters. The Morgan fingerprint density at radius 3 is 2.73 bits per heavy atom. The number of hydrogen-bond acceptors (Lipinski definition) is 4. The summed E-state index contributed by atoms with van der Waals surface area (Å²) >= 11 is 9.20. The molecule has 114 valence electrons. The molecule has 0 aliphatic rings. The second kappa shape index (κ2) is 5.40. The normalized spacial score (nSPS) is 11.9. The highest BCUT2D eigenvalue weighted by Crippen LogP contribution is 2.34. The maximum Gasteiger partial charge on any atom is 0.433 e. The van der Waals surface area contributed by atoms with Crippen molar-refractivity contribution in [2.75, 3.05) is 0 Å². The minimum Gasteiger partial charge on any atom is -0.437 e. The lowest BCUT2D eigenvalue weighted by Gasteiger charge is -2.11. The van der Waals surface area contributed by atoms with Gasteiger partial charge in [-0.1, -0.05) is 27.5 Å². The lowest BCUT2D eigenvalue weighted by atomic mass is 10.3. The van der Waals surface area contributed by atoms with Crippen molar-refractivity contribution in [3.05, 3.63) is 45.8 Å². The van der Waals surface area contributed by atoms with Crippen LogP contribution in [0.3, 0.4) is 0 Å². The van der Waals surface area contributed by atoms with Crippen LogP contribution < -0.4 is 4.74 Å². The van der Waals surface area contributed by atoms with E-state index in [1.807, 2.05) is 0 Å². The summed E-state index contributed by atoms with van der Waals surface area (Å²) in [6, 6.07) is 5.48. The van der Waals surface area contributed by atoms with Gasteiger partial charge >= 0.3 is 6.18 Å². The van der Waals surface area contributed by atoms with E-state index >= 15 is 0 Å². The predicted octanol–water partition coefficient (Wildman–Crippen LogP) is 4.35. The summed E-state index contributed by atoms with van der Waals surface area (Å²) in [6.07, 6.45) is -3.55. The van der Waals surface area contributed by atoms with Crippen LogP contribution in [0.15, 0.2) is 35.1 Å². The Labute approximate surface area is 134 Å². The SMILES string of the molecule is FC(F)(F)c1cc(Oc2cc(Br)ccc2Cl)n2ncnc2n1. The smallest absolute Gasteiger partial charge is 0.433 e. The van der Waals surface area contributed by atoms with Gasteiger partial charge in [-0.25, -0.2) is 4.98 Å². The molecule has 0 saturated carbocycles. The topological polar surface area (TPSA) is 52.3 Å². The number of alkyl halides is 3. The fourth-order valence-corrected chi connectivity index (χ4v) is 2.17. The van der Waals surface area contributed by atoms with Crippen LogP contribution in [0.1, 0.15) is 5.69 Å². The molecule has 0 aliphatic carbocycles. The number of aromatic nitrogens is 4. The van der Waals surface area contributed by atoms with Crippen LogP contribution in [0.2, 0.25) is 5.02 Å². The van der Waals surface area contributed by atoms with Gasteiger partial charge in [-0.2, -0.15) is 27.8 Å². The quantitative estimate of drug-likeness (QED) is 0.649. The van der Waals surface area contributed by atoms with Gasteiger partial charge in [0.1, 0.15) is 12.1 Å². The highest BCUT2D eigenvalue weighted by Gasteiger charge is 2.34. The molecule has 0 saturated heterocycles. The molecule has 0 atom stereocenters. The molecule has 22 heavy (non-hydrogen) atoms. The standard InChI is InChI=1S/C12H5BrClF3N4O/c13-6-1-2-7(14)8(3-6)22-10-4-9(12(15,16)17)20-11-18-5-19-21(10)11/h1-5H. The molecule has 2 heterocycles. The average Bonchev–Trinajstić information content (AvgIpc) is 2.90. The summed E-state index contributed by atoms with van der Waals surface area (Å²) in [6.45, 7) is 0. The largest absolute Gasteiger partial charge is 0.437 e. The molecule has 3 rings (SSSR count).